The maximum atomic E-state index is 9.35. The average molecular weight is 247 g/mol. The molecule has 2 rings (SSSR count). The van der Waals surface area contributed by atoms with Crippen LogP contribution in [0.3, 0.4) is 0 Å². The van der Waals surface area contributed by atoms with E-state index in [2.05, 4.69) is 42.6 Å². The third-order valence-electron chi connectivity index (χ3n) is 4.16. The molecule has 1 aliphatic rings. The zero-order chi connectivity index (χ0) is 12.8. The molecule has 0 saturated heterocycles. The number of nitrogens with one attached hydrogen (secondary N) is 1. The van der Waals surface area contributed by atoms with Crippen molar-refractivity contribution in [2.24, 2.45) is 0 Å². The van der Waals surface area contributed by atoms with E-state index >= 15 is 0 Å². The Morgan fingerprint density at radius 1 is 1.22 bits per heavy atom. The quantitative estimate of drug-likeness (QED) is 0.838. The first-order chi connectivity index (χ1) is 8.85. The predicted octanol–water partition coefficient (Wildman–Crippen LogP) is 3.07. The molecule has 0 bridgehead atoms. The molecule has 0 aromatic heterocycles. The van der Waals surface area contributed by atoms with Crippen LogP contribution < -0.4 is 5.32 Å². The summed E-state index contributed by atoms with van der Waals surface area (Å²) < 4.78 is 0. The van der Waals surface area contributed by atoms with Crippen molar-refractivity contribution in [2.75, 3.05) is 6.61 Å². The SMILES string of the molecule is CC[C@@H](CO)NC1CCCCC1c1ccccc1. The number of hydrogen-bond donors (Lipinski definition) is 2. The van der Waals surface area contributed by atoms with E-state index in [0.29, 0.717) is 12.0 Å². The summed E-state index contributed by atoms with van der Waals surface area (Å²) in [5, 5.41) is 13.0. The van der Waals surface area contributed by atoms with Crippen molar-refractivity contribution in [3.63, 3.8) is 0 Å². The first kappa shape index (κ1) is 13.6. The number of aliphatic hydroxyl groups is 1. The lowest BCUT2D eigenvalue weighted by atomic mass is 9.79. The van der Waals surface area contributed by atoms with Crippen molar-refractivity contribution in [3.05, 3.63) is 35.9 Å². The van der Waals surface area contributed by atoms with Crippen LogP contribution in [0, 0.1) is 0 Å². The Balaban J connectivity index is 2.06. The molecule has 2 N–H and O–H groups in total. The highest BCUT2D eigenvalue weighted by atomic mass is 16.3. The summed E-state index contributed by atoms with van der Waals surface area (Å²) in [6.45, 7) is 2.38. The van der Waals surface area contributed by atoms with Crippen LogP contribution in [0.5, 0.6) is 0 Å². The number of hydrogen-bond acceptors (Lipinski definition) is 2. The van der Waals surface area contributed by atoms with Crippen LogP contribution in [-0.4, -0.2) is 23.8 Å². The van der Waals surface area contributed by atoms with Gasteiger partial charge in [0.2, 0.25) is 0 Å². The van der Waals surface area contributed by atoms with Crippen LogP contribution >= 0.6 is 0 Å². The molecule has 2 unspecified atom stereocenters. The molecule has 1 aromatic rings. The topological polar surface area (TPSA) is 32.3 Å². The Morgan fingerprint density at radius 3 is 2.61 bits per heavy atom. The Hall–Kier alpha value is -0.860. The minimum Gasteiger partial charge on any atom is -0.395 e. The van der Waals surface area contributed by atoms with Gasteiger partial charge in [0.05, 0.1) is 6.61 Å². The van der Waals surface area contributed by atoms with Crippen molar-refractivity contribution in [2.45, 2.75) is 57.0 Å². The summed E-state index contributed by atoms with van der Waals surface area (Å²) in [6.07, 6.45) is 6.13. The van der Waals surface area contributed by atoms with Crippen LogP contribution in [0.2, 0.25) is 0 Å². The van der Waals surface area contributed by atoms with E-state index in [1.807, 2.05) is 0 Å². The number of rotatable bonds is 5. The highest BCUT2D eigenvalue weighted by Crippen LogP contribution is 2.33. The molecular weight excluding hydrogens is 222 g/mol. The lowest BCUT2D eigenvalue weighted by molar-refractivity contribution is 0.206. The third kappa shape index (κ3) is 3.33. The second kappa shape index (κ2) is 6.91. The lowest BCUT2D eigenvalue weighted by Crippen LogP contribution is -2.44. The third-order valence-corrected chi connectivity index (χ3v) is 4.16. The highest BCUT2D eigenvalue weighted by molar-refractivity contribution is 5.22. The molecule has 3 atom stereocenters. The summed E-state index contributed by atoms with van der Waals surface area (Å²) >= 11 is 0. The molecule has 0 spiro atoms. The standard InChI is InChI=1S/C16H25NO/c1-2-14(12-18)17-16-11-7-6-10-15(16)13-8-4-3-5-9-13/h3-5,8-9,14-18H,2,6-7,10-12H2,1H3/t14-,15?,16?/m0/s1. The van der Waals surface area contributed by atoms with Gasteiger partial charge in [-0.1, -0.05) is 50.1 Å². The van der Waals surface area contributed by atoms with Gasteiger partial charge in [-0.3, -0.25) is 0 Å². The Bertz CT molecular complexity index is 334. The van der Waals surface area contributed by atoms with Crippen molar-refractivity contribution < 1.29 is 5.11 Å². The van der Waals surface area contributed by atoms with Crippen LogP contribution in [0.4, 0.5) is 0 Å². The smallest absolute Gasteiger partial charge is 0.0584 e. The van der Waals surface area contributed by atoms with Crippen LogP contribution in [0.25, 0.3) is 0 Å². The second-order valence-corrected chi connectivity index (χ2v) is 5.36. The van der Waals surface area contributed by atoms with Crippen molar-refractivity contribution in [3.8, 4) is 0 Å². The zero-order valence-corrected chi connectivity index (χ0v) is 11.3. The fourth-order valence-corrected chi connectivity index (χ4v) is 3.03. The summed E-state index contributed by atoms with van der Waals surface area (Å²) in [4.78, 5) is 0. The van der Waals surface area contributed by atoms with Crippen LogP contribution in [0.1, 0.15) is 50.5 Å². The fraction of sp³-hybridized carbons (Fsp3) is 0.625. The second-order valence-electron chi connectivity index (χ2n) is 5.36. The molecule has 0 amide bonds. The Morgan fingerprint density at radius 2 is 1.94 bits per heavy atom. The molecule has 0 aliphatic heterocycles. The minimum atomic E-state index is 0.245. The van der Waals surface area contributed by atoms with Crippen molar-refractivity contribution in [1.82, 2.24) is 5.32 Å². The molecule has 1 aromatic carbocycles. The molecule has 0 radical (unpaired) electrons. The highest BCUT2D eigenvalue weighted by Gasteiger charge is 2.27. The molecule has 2 nitrogen and oxygen atoms in total. The number of aliphatic hydroxyl groups excluding tert-OH is 1. The normalized spacial score (nSPS) is 25.9. The summed E-state index contributed by atoms with van der Waals surface area (Å²) in [5.74, 6) is 0.612. The van der Waals surface area contributed by atoms with E-state index < -0.39 is 0 Å². The van der Waals surface area contributed by atoms with E-state index in [4.69, 9.17) is 0 Å². The molecular formula is C16H25NO. The maximum absolute atomic E-state index is 9.35. The van der Waals surface area contributed by atoms with Gasteiger partial charge >= 0.3 is 0 Å². The lowest BCUT2D eigenvalue weighted by Gasteiger charge is -2.35. The molecule has 1 fully saturated rings. The van der Waals surface area contributed by atoms with Gasteiger partial charge in [-0.2, -0.15) is 0 Å². The minimum absolute atomic E-state index is 0.245. The molecule has 0 heterocycles. The zero-order valence-electron chi connectivity index (χ0n) is 11.3. The van der Waals surface area contributed by atoms with Gasteiger partial charge in [0.1, 0.15) is 0 Å². The first-order valence-electron chi connectivity index (χ1n) is 7.27. The van der Waals surface area contributed by atoms with Gasteiger partial charge in [0.15, 0.2) is 0 Å². The van der Waals surface area contributed by atoms with Gasteiger partial charge < -0.3 is 10.4 Å². The van der Waals surface area contributed by atoms with Gasteiger partial charge in [-0.05, 0) is 30.7 Å². The molecule has 100 valence electrons. The largest absolute Gasteiger partial charge is 0.395 e. The monoisotopic (exact) mass is 247 g/mol. The Kier molecular flexibility index (Phi) is 5.21. The average Bonchev–Trinajstić information content (AvgIpc) is 2.46. The van der Waals surface area contributed by atoms with Crippen molar-refractivity contribution in [1.29, 1.82) is 0 Å². The van der Waals surface area contributed by atoms with E-state index in [1.54, 1.807) is 0 Å². The summed E-state index contributed by atoms with van der Waals surface area (Å²) in [5.41, 5.74) is 1.45. The van der Waals surface area contributed by atoms with Gasteiger partial charge in [-0.15, -0.1) is 0 Å². The Labute approximate surface area is 110 Å². The van der Waals surface area contributed by atoms with Crippen molar-refractivity contribution >= 4 is 0 Å². The molecule has 1 saturated carbocycles. The van der Waals surface area contributed by atoms with E-state index in [1.165, 1.54) is 31.2 Å². The van der Waals surface area contributed by atoms with E-state index in [-0.39, 0.29) is 12.6 Å². The van der Waals surface area contributed by atoms with Gasteiger partial charge in [0, 0.05) is 12.1 Å². The van der Waals surface area contributed by atoms with Crippen LogP contribution in [-0.2, 0) is 0 Å². The molecule has 18 heavy (non-hydrogen) atoms. The maximum Gasteiger partial charge on any atom is 0.0584 e. The predicted molar refractivity (Wildman–Crippen MR) is 75.7 cm³/mol. The number of benzene rings is 1. The molecule has 2 heteroatoms. The van der Waals surface area contributed by atoms with E-state index in [9.17, 15) is 5.11 Å². The van der Waals surface area contributed by atoms with Gasteiger partial charge in [0.25, 0.3) is 0 Å². The first-order valence-corrected chi connectivity index (χ1v) is 7.27. The summed E-state index contributed by atoms with van der Waals surface area (Å²) in [6, 6.07) is 11.6. The van der Waals surface area contributed by atoms with Crippen LogP contribution in [0.15, 0.2) is 30.3 Å². The summed E-state index contributed by atoms with van der Waals surface area (Å²) in [7, 11) is 0. The fourth-order valence-electron chi connectivity index (χ4n) is 3.03. The van der Waals surface area contributed by atoms with Gasteiger partial charge in [-0.25, -0.2) is 0 Å². The molecule has 1 aliphatic carbocycles. The van der Waals surface area contributed by atoms with E-state index in [0.717, 1.165) is 6.42 Å².